The summed E-state index contributed by atoms with van der Waals surface area (Å²) in [6.07, 6.45) is -36.3. The number of carbonyl (C=O) groups excluding carboxylic acids is 1. The summed E-state index contributed by atoms with van der Waals surface area (Å²) >= 11 is 0. The van der Waals surface area contributed by atoms with Gasteiger partial charge in [-0.2, -0.15) is 0 Å². The molecule has 5 aliphatic heterocycles. The van der Waals surface area contributed by atoms with Crippen LogP contribution in [0.15, 0.2) is 11.6 Å². The fourth-order valence-corrected chi connectivity index (χ4v) is 17.6. The van der Waals surface area contributed by atoms with E-state index in [0.29, 0.717) is 32.1 Å². The molecule has 10 rings (SSSR count). The van der Waals surface area contributed by atoms with Gasteiger partial charge in [0.05, 0.1) is 57.8 Å². The maximum atomic E-state index is 14.7. The Bertz CT molecular complexity index is 2580. The summed E-state index contributed by atoms with van der Waals surface area (Å²) in [6, 6.07) is 0. The molecule has 0 aromatic carbocycles. The van der Waals surface area contributed by atoms with E-state index in [1.165, 1.54) is 6.92 Å². The average Bonchev–Trinajstić information content (AvgIpc) is 0.713. The number of carboxylic acids is 2. The van der Waals surface area contributed by atoms with Gasteiger partial charge in [-0.15, -0.1) is 0 Å². The first-order chi connectivity index (χ1) is 41.1. The SMILES string of the molecule is C[C@@H]1O[C@@H](O[C@H]2[C@H](OC(=O)C[C@]34CCC(C)(C)C[C@H]3C3=CC[C@@H]5[C@@]6(C)C[C@H](O)[C@H](O[C@@H]7O[C@H](C(=O)O)[C@@H](O)[C@H](O)[C@H]7O)[C@@](CO)(C(=O)O)[C@@H]6CC[C@@]5(C)[C@]3(C)C[C@H]4O)OC[C@H](O)[C@@H]2O)[C@H](O)[C@H](O)[C@H]1O[C@@H]1OC[C@@H](O)[C@H](O[C@@H]2OC[C@](O)(CO)[C@H]2O)[C@H]1O. The molecule has 0 amide bonds. The zero-order valence-electron chi connectivity index (χ0n) is 49.9. The Kier molecular flexibility index (Phi) is 19.0. The average molecular weight is 1270 g/mol. The van der Waals surface area contributed by atoms with Crippen LogP contribution in [0.5, 0.6) is 0 Å². The number of ether oxygens (including phenoxy) is 10. The lowest BCUT2D eigenvalue weighted by atomic mass is 9.32. The normalized spacial score (nSPS) is 53.5. The second-order valence-corrected chi connectivity index (χ2v) is 28.3. The summed E-state index contributed by atoms with van der Waals surface area (Å²) in [7, 11) is 0. The van der Waals surface area contributed by atoms with Crippen LogP contribution in [0, 0.1) is 50.2 Å². The molecule has 0 spiro atoms. The Balaban J connectivity index is 0.849. The van der Waals surface area contributed by atoms with Crippen LogP contribution < -0.4 is 0 Å². The molecule has 5 saturated heterocycles. The maximum absolute atomic E-state index is 14.7. The van der Waals surface area contributed by atoms with E-state index < -0.39 is 243 Å². The highest BCUT2D eigenvalue weighted by Gasteiger charge is 2.74. The van der Waals surface area contributed by atoms with Gasteiger partial charge in [-0.05, 0) is 97.7 Å². The highest BCUT2D eigenvalue weighted by atomic mass is 16.8. The molecule has 32 atom stereocenters. The van der Waals surface area contributed by atoms with Crippen LogP contribution >= 0.6 is 0 Å². The lowest BCUT2D eigenvalue weighted by Crippen LogP contribution is -2.72. The summed E-state index contributed by atoms with van der Waals surface area (Å²) in [5.74, 6) is -5.90. The minimum atomic E-state index is -2.28. The predicted molar refractivity (Wildman–Crippen MR) is 287 cm³/mol. The third kappa shape index (κ3) is 11.0. The van der Waals surface area contributed by atoms with Gasteiger partial charge in [0.2, 0.25) is 6.29 Å². The smallest absolute Gasteiger partial charge is 0.335 e. The highest BCUT2D eigenvalue weighted by Crippen LogP contribution is 2.76. The van der Waals surface area contributed by atoms with Crippen molar-refractivity contribution >= 4 is 17.9 Å². The predicted octanol–water partition coefficient (Wildman–Crippen LogP) is -4.80. The Labute approximate surface area is 506 Å². The van der Waals surface area contributed by atoms with Crippen molar-refractivity contribution in [2.75, 3.05) is 33.0 Å². The van der Waals surface area contributed by atoms with Gasteiger partial charge in [0.25, 0.3) is 0 Å². The van der Waals surface area contributed by atoms with Crippen LogP contribution in [-0.4, -0.2) is 285 Å². The Morgan fingerprint density at radius 2 is 1.25 bits per heavy atom. The van der Waals surface area contributed by atoms with Gasteiger partial charge in [-0.3, -0.25) is 9.59 Å². The number of esters is 1. The molecule has 5 aliphatic carbocycles. The first-order valence-corrected chi connectivity index (χ1v) is 30.3. The lowest BCUT2D eigenvalue weighted by molar-refractivity contribution is -0.371. The number of aliphatic hydroxyl groups is 15. The van der Waals surface area contributed by atoms with E-state index in [2.05, 4.69) is 33.8 Å². The molecule has 4 saturated carbocycles. The van der Waals surface area contributed by atoms with E-state index in [-0.39, 0.29) is 31.1 Å². The second kappa shape index (κ2) is 24.5. The first kappa shape index (κ1) is 68.1. The second-order valence-electron chi connectivity index (χ2n) is 28.3. The Morgan fingerprint density at radius 3 is 1.90 bits per heavy atom. The minimum Gasteiger partial charge on any atom is -0.481 e. The standard InChI is InChI=1S/C58H90O30/c1-22-39(84-46-38(72)40(27(63)18-79-46)85-50-43(73)57(78,19-59)21-81-50)35(69)37(71)47(82-22)87-42-32(66)26(62)17-80-49(42)83-31(65)16-56-12-11-52(2,3)13-24(56)23-7-8-28-53(4)14-25(61)44(88-48-36(70)33(67)34(68)41(86-48)45(74)75)58(20-60,51(76)77)29(53)9-10-54(28,5)55(23,6)15-30(56)64/h7,22,24-30,32-44,46-50,59-64,66-73,78H,8-21H2,1-6H3,(H,74,75)(H,76,77)/t22-,24-,25-,26-,27+,28+,29+,30+,32-,33-,34-,35-,36+,37+,38+,39-,40-,41-,42+,43-,44-,46-,47-,48-,49-,50-,53+,54+,55+,56+,57+,58-/m0/s1. The number of allylic oxidation sites excluding steroid dienone is 2. The molecule has 30 nitrogen and oxygen atoms in total. The third-order valence-corrected chi connectivity index (χ3v) is 22.8. The number of aliphatic carboxylic acids is 2. The molecule has 0 unspecified atom stereocenters. The number of rotatable bonds is 15. The summed E-state index contributed by atoms with van der Waals surface area (Å²) in [4.78, 5) is 40.5. The van der Waals surface area contributed by atoms with Crippen LogP contribution in [0.3, 0.4) is 0 Å². The van der Waals surface area contributed by atoms with Gasteiger partial charge in [0, 0.05) is 5.41 Å². The van der Waals surface area contributed by atoms with Crippen molar-refractivity contribution in [2.24, 2.45) is 50.2 Å². The molecule has 0 radical (unpaired) electrons. The minimum absolute atomic E-state index is 0.0983. The molecule has 0 bridgehead atoms. The maximum Gasteiger partial charge on any atom is 0.335 e. The molecular weight excluding hydrogens is 1180 g/mol. The number of fused-ring (bicyclic) bond motifs is 7. The number of hydrogen-bond acceptors (Lipinski definition) is 28. The summed E-state index contributed by atoms with van der Waals surface area (Å²) in [5.41, 5.74) is -7.45. The van der Waals surface area contributed by atoms with E-state index in [0.717, 1.165) is 5.57 Å². The lowest BCUT2D eigenvalue weighted by Gasteiger charge is -2.72. The molecule has 10 aliphatic rings. The van der Waals surface area contributed by atoms with Crippen molar-refractivity contribution in [3.63, 3.8) is 0 Å². The van der Waals surface area contributed by atoms with Crippen molar-refractivity contribution in [1.82, 2.24) is 0 Å². The van der Waals surface area contributed by atoms with Gasteiger partial charge >= 0.3 is 17.9 Å². The van der Waals surface area contributed by atoms with Gasteiger partial charge in [0.15, 0.2) is 37.4 Å². The number of carboxylic acid groups (broad SMARTS) is 2. The van der Waals surface area contributed by atoms with Gasteiger partial charge in [0.1, 0.15) is 90.4 Å². The molecule has 9 fully saturated rings. The molecule has 0 aromatic heterocycles. The number of aliphatic hydroxyl groups excluding tert-OH is 14. The first-order valence-electron chi connectivity index (χ1n) is 30.3. The van der Waals surface area contributed by atoms with Crippen LogP contribution in [0.1, 0.15) is 99.3 Å². The monoisotopic (exact) mass is 1270 g/mol. The molecule has 17 N–H and O–H groups in total. The van der Waals surface area contributed by atoms with Gasteiger partial charge in [-0.1, -0.05) is 46.3 Å². The number of hydrogen-bond donors (Lipinski definition) is 17. The van der Waals surface area contributed by atoms with Crippen molar-refractivity contribution in [3.8, 4) is 0 Å². The fraction of sp³-hybridized carbons (Fsp3) is 0.914. The van der Waals surface area contributed by atoms with E-state index >= 15 is 0 Å². The summed E-state index contributed by atoms with van der Waals surface area (Å²) in [6.45, 7) is 8.10. The Hall–Kier alpha value is -2.81. The van der Waals surface area contributed by atoms with E-state index in [1.54, 1.807) is 0 Å². The quantitative estimate of drug-likeness (QED) is 0.0416. The van der Waals surface area contributed by atoms with Crippen molar-refractivity contribution < 1.29 is 149 Å². The third-order valence-electron chi connectivity index (χ3n) is 22.8. The summed E-state index contributed by atoms with van der Waals surface area (Å²) in [5, 5.41) is 187. The van der Waals surface area contributed by atoms with Crippen LogP contribution in [0.4, 0.5) is 0 Å². The van der Waals surface area contributed by atoms with Crippen LogP contribution in [0.2, 0.25) is 0 Å². The molecule has 30 heteroatoms. The van der Waals surface area contributed by atoms with E-state index in [9.17, 15) is 101 Å². The van der Waals surface area contributed by atoms with Crippen molar-refractivity contribution in [2.45, 2.75) is 246 Å². The largest absolute Gasteiger partial charge is 0.481 e. The van der Waals surface area contributed by atoms with Gasteiger partial charge < -0.3 is 134 Å². The zero-order chi connectivity index (χ0) is 64.5. The molecule has 502 valence electrons. The molecule has 0 aromatic rings. The van der Waals surface area contributed by atoms with Crippen LogP contribution in [-0.2, 0) is 61.8 Å². The zero-order valence-corrected chi connectivity index (χ0v) is 49.9. The van der Waals surface area contributed by atoms with E-state index in [1.807, 2.05) is 6.92 Å². The van der Waals surface area contributed by atoms with Crippen molar-refractivity contribution in [3.05, 3.63) is 11.6 Å². The topological polar surface area (TPSA) is 487 Å². The summed E-state index contributed by atoms with van der Waals surface area (Å²) < 4.78 is 57.4. The highest BCUT2D eigenvalue weighted by molar-refractivity contribution is 5.77. The van der Waals surface area contributed by atoms with Gasteiger partial charge in [-0.25, -0.2) is 4.79 Å². The molecule has 5 heterocycles. The number of carbonyl (C=O) groups is 3. The Morgan fingerprint density at radius 1 is 0.614 bits per heavy atom. The fourth-order valence-electron chi connectivity index (χ4n) is 17.6. The van der Waals surface area contributed by atoms with Crippen molar-refractivity contribution in [1.29, 1.82) is 0 Å². The van der Waals surface area contributed by atoms with E-state index in [4.69, 9.17) is 47.4 Å². The van der Waals surface area contributed by atoms with Crippen LogP contribution in [0.25, 0.3) is 0 Å². The molecule has 88 heavy (non-hydrogen) atoms. The molecular formula is C58H90O30.